The second-order valence-electron chi connectivity index (χ2n) is 4.44. The molecule has 0 unspecified atom stereocenters. The van der Waals surface area contributed by atoms with Crippen LogP contribution < -0.4 is 0 Å². The van der Waals surface area contributed by atoms with Gasteiger partial charge in [-0.15, -0.1) is 0 Å². The largest absolute Gasteiger partial charge is 0.0844 e. The first-order valence-electron chi connectivity index (χ1n) is 5.98. The summed E-state index contributed by atoms with van der Waals surface area (Å²) in [5.74, 6) is 0. The van der Waals surface area contributed by atoms with Gasteiger partial charge in [0, 0.05) is 0 Å². The van der Waals surface area contributed by atoms with Crippen molar-refractivity contribution in [2.24, 2.45) is 0 Å². The molecule has 0 rings (SSSR count). The van der Waals surface area contributed by atoms with Crippen molar-refractivity contribution in [3.05, 3.63) is 45.6 Å². The predicted octanol–water partition coefficient (Wildman–Crippen LogP) is 5.59. The van der Waals surface area contributed by atoms with Crippen LogP contribution in [0.15, 0.2) is 45.6 Å². The number of hydrogen-bond donors (Lipinski definition) is 0. The number of allylic oxidation sites excluding steroid dienone is 8. The van der Waals surface area contributed by atoms with Crippen LogP contribution in [-0.4, -0.2) is 0 Å². The van der Waals surface area contributed by atoms with Gasteiger partial charge in [-0.25, -0.2) is 0 Å². The summed E-state index contributed by atoms with van der Waals surface area (Å²) in [6.45, 7) is 17.4. The Bertz CT molecular complexity index is 333. The number of rotatable bonds is 3. The van der Waals surface area contributed by atoms with E-state index in [1.54, 1.807) is 0 Å². The Morgan fingerprint density at radius 2 is 0.750 bits per heavy atom. The molecule has 0 atom stereocenters. The SMILES string of the molecule is CC=C(C)C(C)=C(C)C(C)=C(C)C(C)=CC. The van der Waals surface area contributed by atoms with Crippen molar-refractivity contribution in [1.82, 2.24) is 0 Å². The molecule has 0 fully saturated rings. The quantitative estimate of drug-likeness (QED) is 0.541. The van der Waals surface area contributed by atoms with Gasteiger partial charge in [0.2, 0.25) is 0 Å². The highest BCUT2D eigenvalue weighted by Crippen LogP contribution is 2.25. The Hall–Kier alpha value is -1.04. The van der Waals surface area contributed by atoms with E-state index in [0.717, 1.165) is 0 Å². The summed E-state index contributed by atoms with van der Waals surface area (Å²) in [4.78, 5) is 0. The second-order valence-corrected chi connectivity index (χ2v) is 4.44. The topological polar surface area (TPSA) is 0 Å². The fraction of sp³-hybridized carbons (Fsp3) is 0.500. The van der Waals surface area contributed by atoms with Gasteiger partial charge in [0.25, 0.3) is 0 Å². The van der Waals surface area contributed by atoms with Crippen LogP contribution >= 0.6 is 0 Å². The summed E-state index contributed by atoms with van der Waals surface area (Å²) in [6, 6.07) is 0. The second kappa shape index (κ2) is 6.52. The van der Waals surface area contributed by atoms with Gasteiger partial charge in [0.05, 0.1) is 0 Å². The molecular weight excluding hydrogens is 192 g/mol. The van der Waals surface area contributed by atoms with Gasteiger partial charge >= 0.3 is 0 Å². The van der Waals surface area contributed by atoms with E-state index in [1.165, 1.54) is 33.4 Å². The molecule has 0 bridgehead atoms. The molecule has 0 radical (unpaired) electrons. The summed E-state index contributed by atoms with van der Waals surface area (Å²) in [5.41, 5.74) is 8.31. The zero-order chi connectivity index (χ0) is 12.9. The van der Waals surface area contributed by atoms with E-state index in [-0.39, 0.29) is 0 Å². The highest BCUT2D eigenvalue weighted by Gasteiger charge is 2.05. The Morgan fingerprint density at radius 3 is 0.938 bits per heavy atom. The molecule has 90 valence electrons. The molecule has 0 nitrogen and oxygen atoms in total. The Balaban J connectivity index is 5.53. The standard InChI is InChI=1S/C16H26/c1-9-11(3)13(5)15(7)16(8)14(6)12(4)10-2/h9-10H,1-8H3. The number of hydrogen-bond acceptors (Lipinski definition) is 0. The highest BCUT2D eigenvalue weighted by atomic mass is 14.1. The molecular formula is C16H26. The minimum absolute atomic E-state index is 1.36. The fourth-order valence-electron chi connectivity index (χ4n) is 1.59. The van der Waals surface area contributed by atoms with E-state index >= 15 is 0 Å². The monoisotopic (exact) mass is 218 g/mol. The molecule has 0 spiro atoms. The average Bonchev–Trinajstić information content (AvgIpc) is 2.32. The Labute approximate surface area is 101 Å². The van der Waals surface area contributed by atoms with Crippen molar-refractivity contribution < 1.29 is 0 Å². The lowest BCUT2D eigenvalue weighted by atomic mass is 9.93. The van der Waals surface area contributed by atoms with Crippen molar-refractivity contribution >= 4 is 0 Å². The third-order valence-corrected chi connectivity index (χ3v) is 3.74. The molecule has 16 heavy (non-hydrogen) atoms. The highest BCUT2D eigenvalue weighted by molar-refractivity contribution is 5.46. The van der Waals surface area contributed by atoms with Gasteiger partial charge < -0.3 is 0 Å². The third-order valence-electron chi connectivity index (χ3n) is 3.74. The van der Waals surface area contributed by atoms with Crippen molar-refractivity contribution in [1.29, 1.82) is 0 Å². The van der Waals surface area contributed by atoms with Gasteiger partial charge in [-0.1, -0.05) is 23.3 Å². The van der Waals surface area contributed by atoms with E-state index in [9.17, 15) is 0 Å². The van der Waals surface area contributed by atoms with Crippen LogP contribution in [0.4, 0.5) is 0 Å². The maximum absolute atomic E-state index is 2.21. The summed E-state index contributed by atoms with van der Waals surface area (Å²) in [6.07, 6.45) is 4.34. The van der Waals surface area contributed by atoms with Gasteiger partial charge in [-0.2, -0.15) is 0 Å². The predicted molar refractivity (Wildman–Crippen MR) is 75.6 cm³/mol. The molecule has 0 N–H and O–H groups in total. The molecule has 0 aromatic rings. The van der Waals surface area contributed by atoms with Crippen LogP contribution in [0.5, 0.6) is 0 Å². The van der Waals surface area contributed by atoms with E-state index in [2.05, 4.69) is 67.5 Å². The van der Waals surface area contributed by atoms with Crippen LogP contribution in [0.1, 0.15) is 55.4 Å². The Kier molecular flexibility index (Phi) is 6.10. The lowest BCUT2D eigenvalue weighted by molar-refractivity contribution is 1.16. The smallest absolute Gasteiger partial charge is 0.0392 e. The van der Waals surface area contributed by atoms with Gasteiger partial charge in [0.15, 0.2) is 0 Å². The molecule has 0 aromatic heterocycles. The van der Waals surface area contributed by atoms with E-state index in [0.29, 0.717) is 0 Å². The molecule has 0 aromatic carbocycles. The summed E-state index contributed by atoms with van der Waals surface area (Å²) in [7, 11) is 0. The molecule has 0 heterocycles. The molecule has 0 aliphatic heterocycles. The van der Waals surface area contributed by atoms with Crippen LogP contribution in [0.3, 0.4) is 0 Å². The maximum atomic E-state index is 2.21. The first kappa shape index (κ1) is 15.0. The summed E-state index contributed by atoms with van der Waals surface area (Å²) in [5, 5.41) is 0. The van der Waals surface area contributed by atoms with E-state index in [1.807, 2.05) is 0 Å². The zero-order valence-electron chi connectivity index (χ0n) is 12.2. The average molecular weight is 218 g/mol. The fourth-order valence-corrected chi connectivity index (χ4v) is 1.59. The van der Waals surface area contributed by atoms with Crippen LogP contribution in [-0.2, 0) is 0 Å². The lowest BCUT2D eigenvalue weighted by Gasteiger charge is -2.13. The van der Waals surface area contributed by atoms with Gasteiger partial charge in [-0.3, -0.25) is 0 Å². The van der Waals surface area contributed by atoms with Gasteiger partial charge in [-0.05, 0) is 77.7 Å². The zero-order valence-corrected chi connectivity index (χ0v) is 12.2. The van der Waals surface area contributed by atoms with Crippen LogP contribution in [0.2, 0.25) is 0 Å². The minimum Gasteiger partial charge on any atom is -0.0844 e. The Morgan fingerprint density at radius 1 is 0.500 bits per heavy atom. The van der Waals surface area contributed by atoms with E-state index in [4.69, 9.17) is 0 Å². The maximum Gasteiger partial charge on any atom is -0.0392 e. The van der Waals surface area contributed by atoms with Crippen LogP contribution in [0, 0.1) is 0 Å². The summed E-state index contributed by atoms with van der Waals surface area (Å²) < 4.78 is 0. The molecule has 0 saturated heterocycles. The molecule has 0 aliphatic carbocycles. The normalized spacial score (nSPS) is 17.0. The van der Waals surface area contributed by atoms with Crippen molar-refractivity contribution in [2.45, 2.75) is 55.4 Å². The van der Waals surface area contributed by atoms with Crippen molar-refractivity contribution in [2.75, 3.05) is 0 Å². The first-order valence-corrected chi connectivity index (χ1v) is 5.98. The minimum atomic E-state index is 1.36. The molecule has 0 aliphatic rings. The lowest BCUT2D eigenvalue weighted by Crippen LogP contribution is -1.93. The first-order chi connectivity index (χ1) is 7.36. The molecule has 0 amide bonds. The molecule has 0 saturated carbocycles. The summed E-state index contributed by atoms with van der Waals surface area (Å²) >= 11 is 0. The third kappa shape index (κ3) is 3.52. The van der Waals surface area contributed by atoms with Gasteiger partial charge in [0.1, 0.15) is 0 Å². The van der Waals surface area contributed by atoms with Crippen molar-refractivity contribution in [3.63, 3.8) is 0 Å². The van der Waals surface area contributed by atoms with Crippen molar-refractivity contribution in [3.8, 4) is 0 Å². The molecule has 0 heteroatoms. The van der Waals surface area contributed by atoms with E-state index < -0.39 is 0 Å². The van der Waals surface area contributed by atoms with Crippen LogP contribution in [0.25, 0.3) is 0 Å².